The maximum Gasteiger partial charge on any atom is 0.143 e. The van der Waals surface area contributed by atoms with E-state index in [0.29, 0.717) is 0 Å². The van der Waals surface area contributed by atoms with Crippen molar-refractivity contribution in [3.63, 3.8) is 0 Å². The van der Waals surface area contributed by atoms with E-state index in [2.05, 4.69) is 149 Å². The van der Waals surface area contributed by atoms with Crippen LogP contribution in [0.5, 0.6) is 0 Å². The molecule has 0 aliphatic rings. The number of para-hydroxylation sites is 3. The van der Waals surface area contributed by atoms with Gasteiger partial charge in [-0.25, -0.2) is 0 Å². The molecule has 3 heterocycles. The summed E-state index contributed by atoms with van der Waals surface area (Å²) in [6.45, 7) is 0. The van der Waals surface area contributed by atoms with Crippen molar-refractivity contribution in [2.24, 2.45) is 0 Å². The summed E-state index contributed by atoms with van der Waals surface area (Å²) in [5.74, 6) is 0. The Morgan fingerprint density at radius 3 is 1.96 bits per heavy atom. The highest BCUT2D eigenvalue weighted by atomic mass is 16.3. The van der Waals surface area contributed by atoms with Crippen molar-refractivity contribution in [3.05, 3.63) is 170 Å². The Balaban J connectivity index is 1.18. The summed E-state index contributed by atoms with van der Waals surface area (Å²) < 4.78 is 13.1. The average Bonchev–Trinajstić information content (AvgIpc) is 3.75. The van der Waals surface area contributed by atoms with Crippen LogP contribution >= 0.6 is 0 Å². The molecule has 230 valence electrons. The average molecular weight is 629 g/mol. The molecule has 10 rings (SSSR count). The van der Waals surface area contributed by atoms with Gasteiger partial charge in [-0.1, -0.05) is 109 Å². The maximum absolute atomic E-state index is 6.67. The summed E-state index contributed by atoms with van der Waals surface area (Å²) in [4.78, 5) is 6.73. The smallest absolute Gasteiger partial charge is 0.143 e. The van der Waals surface area contributed by atoms with E-state index in [9.17, 15) is 0 Å². The summed E-state index contributed by atoms with van der Waals surface area (Å²) in [5.41, 5.74) is 11.0. The van der Waals surface area contributed by atoms with Gasteiger partial charge in [0.05, 0.1) is 5.69 Å². The molecule has 0 amide bonds. The number of hydrogen-bond donors (Lipinski definition) is 0. The molecule has 0 unspecified atom stereocenters. The van der Waals surface area contributed by atoms with Crippen molar-refractivity contribution in [1.82, 2.24) is 4.98 Å². The third-order valence-electron chi connectivity index (χ3n) is 9.55. The van der Waals surface area contributed by atoms with Crippen molar-refractivity contribution in [2.45, 2.75) is 0 Å². The van der Waals surface area contributed by atoms with E-state index in [1.807, 2.05) is 30.6 Å². The lowest BCUT2D eigenvalue weighted by atomic mass is 9.96. The predicted octanol–water partition coefficient (Wildman–Crippen LogP) is 12.8. The van der Waals surface area contributed by atoms with Crippen LogP contribution in [0.2, 0.25) is 0 Å². The van der Waals surface area contributed by atoms with Crippen LogP contribution in [0, 0.1) is 0 Å². The van der Waals surface area contributed by atoms with Gasteiger partial charge in [0, 0.05) is 67.9 Å². The zero-order valence-corrected chi connectivity index (χ0v) is 26.4. The van der Waals surface area contributed by atoms with Gasteiger partial charge < -0.3 is 13.7 Å². The lowest BCUT2D eigenvalue weighted by Gasteiger charge is -2.27. The highest BCUT2D eigenvalue weighted by molar-refractivity contribution is 6.25. The molecular formula is C45H28N2O2. The summed E-state index contributed by atoms with van der Waals surface area (Å²) in [6.07, 6.45) is 3.72. The van der Waals surface area contributed by atoms with Crippen LogP contribution in [0.3, 0.4) is 0 Å². The topological polar surface area (TPSA) is 42.4 Å². The Morgan fingerprint density at radius 2 is 1.12 bits per heavy atom. The number of aromatic nitrogens is 1. The van der Waals surface area contributed by atoms with Gasteiger partial charge >= 0.3 is 0 Å². The first-order chi connectivity index (χ1) is 24.3. The minimum absolute atomic E-state index is 0.842. The predicted molar refractivity (Wildman–Crippen MR) is 202 cm³/mol. The fourth-order valence-corrected chi connectivity index (χ4v) is 7.38. The van der Waals surface area contributed by atoms with Crippen LogP contribution in [-0.2, 0) is 0 Å². The zero-order chi connectivity index (χ0) is 32.3. The molecule has 49 heavy (non-hydrogen) atoms. The first kappa shape index (κ1) is 27.5. The van der Waals surface area contributed by atoms with Crippen LogP contribution < -0.4 is 4.90 Å². The number of hydrogen-bond acceptors (Lipinski definition) is 4. The van der Waals surface area contributed by atoms with Crippen LogP contribution in [0.1, 0.15) is 0 Å². The van der Waals surface area contributed by atoms with E-state index in [1.54, 1.807) is 0 Å². The lowest BCUT2D eigenvalue weighted by molar-refractivity contribution is 0.669. The Morgan fingerprint density at radius 1 is 0.429 bits per heavy atom. The fourth-order valence-electron chi connectivity index (χ4n) is 7.38. The number of benzene rings is 7. The Kier molecular flexibility index (Phi) is 6.15. The van der Waals surface area contributed by atoms with Gasteiger partial charge in [-0.3, -0.25) is 4.98 Å². The van der Waals surface area contributed by atoms with Crippen LogP contribution in [0.15, 0.2) is 179 Å². The molecule has 0 aliphatic heterocycles. The molecular weight excluding hydrogens is 601 g/mol. The molecule has 7 aromatic carbocycles. The second kappa shape index (κ2) is 11.0. The molecule has 0 radical (unpaired) electrons. The number of pyridine rings is 1. The molecule has 10 aromatic rings. The highest BCUT2D eigenvalue weighted by Gasteiger charge is 2.22. The Hall–Kier alpha value is -6.65. The van der Waals surface area contributed by atoms with E-state index in [-0.39, 0.29) is 0 Å². The quantitative estimate of drug-likeness (QED) is 0.190. The van der Waals surface area contributed by atoms with Gasteiger partial charge in [0.2, 0.25) is 0 Å². The van der Waals surface area contributed by atoms with E-state index < -0.39 is 0 Å². The van der Waals surface area contributed by atoms with Gasteiger partial charge in [-0.15, -0.1) is 0 Å². The number of fused-ring (bicyclic) bond motifs is 8. The first-order valence-electron chi connectivity index (χ1n) is 16.4. The number of nitrogens with zero attached hydrogens (tertiary/aromatic N) is 2. The molecule has 0 fully saturated rings. The second-order valence-electron chi connectivity index (χ2n) is 12.3. The van der Waals surface area contributed by atoms with Crippen molar-refractivity contribution in [2.75, 3.05) is 4.90 Å². The van der Waals surface area contributed by atoms with Crippen molar-refractivity contribution >= 4 is 71.7 Å². The third kappa shape index (κ3) is 4.35. The van der Waals surface area contributed by atoms with Gasteiger partial charge in [-0.05, 0) is 59.0 Å². The van der Waals surface area contributed by atoms with Crippen molar-refractivity contribution < 1.29 is 8.83 Å². The van der Waals surface area contributed by atoms with Gasteiger partial charge in [0.15, 0.2) is 0 Å². The molecule has 0 aliphatic carbocycles. The molecule has 0 N–H and O–H groups in total. The second-order valence-corrected chi connectivity index (χ2v) is 12.3. The number of anilines is 3. The van der Waals surface area contributed by atoms with Gasteiger partial charge in [0.25, 0.3) is 0 Å². The molecule has 0 bridgehead atoms. The van der Waals surface area contributed by atoms with E-state index in [4.69, 9.17) is 8.83 Å². The molecule has 0 saturated heterocycles. The van der Waals surface area contributed by atoms with Crippen molar-refractivity contribution in [1.29, 1.82) is 0 Å². The molecule has 3 aromatic heterocycles. The van der Waals surface area contributed by atoms with E-state index in [0.717, 1.165) is 94.0 Å². The lowest BCUT2D eigenvalue weighted by Crippen LogP contribution is -2.10. The Labute approximate surface area is 282 Å². The van der Waals surface area contributed by atoms with Gasteiger partial charge in [0.1, 0.15) is 22.3 Å². The highest BCUT2D eigenvalue weighted by Crippen LogP contribution is 2.47. The van der Waals surface area contributed by atoms with E-state index in [1.165, 1.54) is 0 Å². The standard InChI is InChI=1S/C45H28N2O2/c1-2-12-31(13-3-1)47(32-24-22-29(23-25-32)34-18-8-19-38-36-15-6-7-20-40(36)49-45(34)38)39-27-42-44(37-16-5-4-14-35(37)39)43-33(17-9-21-41(43)48-42)30-11-10-26-46-28-30/h1-28H. The SMILES string of the molecule is c1ccc(N(c2ccc(-c3cccc4c3oc3ccccc34)cc2)c2cc3oc4cccc(-c5cccnc5)c4c3c3ccccc23)cc1. The summed E-state index contributed by atoms with van der Waals surface area (Å²) >= 11 is 0. The van der Waals surface area contributed by atoms with Crippen molar-refractivity contribution in [3.8, 4) is 22.3 Å². The summed E-state index contributed by atoms with van der Waals surface area (Å²) in [7, 11) is 0. The fraction of sp³-hybridized carbons (Fsp3) is 0. The van der Waals surface area contributed by atoms with Gasteiger partial charge in [-0.2, -0.15) is 0 Å². The normalized spacial score (nSPS) is 11.7. The maximum atomic E-state index is 6.67. The molecule has 4 heteroatoms. The number of furan rings is 2. The molecule has 4 nitrogen and oxygen atoms in total. The summed E-state index contributed by atoms with van der Waals surface area (Å²) in [6, 6.07) is 55.1. The largest absolute Gasteiger partial charge is 0.456 e. The minimum Gasteiger partial charge on any atom is -0.456 e. The third-order valence-corrected chi connectivity index (χ3v) is 9.55. The molecule has 0 saturated carbocycles. The summed E-state index contributed by atoms with van der Waals surface area (Å²) in [5, 5.41) is 6.74. The first-order valence-corrected chi connectivity index (χ1v) is 16.4. The number of rotatable bonds is 5. The van der Waals surface area contributed by atoms with Crippen LogP contribution in [0.4, 0.5) is 17.1 Å². The van der Waals surface area contributed by atoms with Crippen LogP contribution in [0.25, 0.3) is 76.9 Å². The zero-order valence-electron chi connectivity index (χ0n) is 26.4. The Bertz CT molecular complexity index is 2820. The molecule has 0 spiro atoms. The van der Waals surface area contributed by atoms with Crippen LogP contribution in [-0.4, -0.2) is 4.98 Å². The minimum atomic E-state index is 0.842. The van der Waals surface area contributed by atoms with E-state index >= 15 is 0 Å². The monoisotopic (exact) mass is 628 g/mol. The molecule has 0 atom stereocenters.